The molecule has 2 aromatic rings. The van der Waals surface area contributed by atoms with Gasteiger partial charge in [-0.1, -0.05) is 12.1 Å². The molecule has 0 aliphatic carbocycles. The number of carbonyl (C=O) groups is 1. The van der Waals surface area contributed by atoms with Gasteiger partial charge in [0.25, 0.3) is 0 Å². The van der Waals surface area contributed by atoms with Crippen molar-refractivity contribution in [1.29, 1.82) is 0 Å². The van der Waals surface area contributed by atoms with E-state index in [0.717, 1.165) is 38.8 Å². The zero-order valence-electron chi connectivity index (χ0n) is 20.6. The monoisotopic (exact) mass is 487 g/mol. The number of para-hydroxylation sites is 1. The second-order valence-electron chi connectivity index (χ2n) is 8.85. The summed E-state index contributed by atoms with van der Waals surface area (Å²) >= 11 is 0. The summed E-state index contributed by atoms with van der Waals surface area (Å²) in [5.74, 6) is 1.48. The zero-order chi connectivity index (χ0) is 24.8. The summed E-state index contributed by atoms with van der Waals surface area (Å²) in [6.45, 7) is 3.21. The number of anilines is 1. The molecule has 2 aliphatic rings. The molecule has 190 valence electrons. The lowest BCUT2D eigenvalue weighted by molar-refractivity contribution is 0.0529. The largest absolute Gasteiger partial charge is 0.493 e. The maximum atomic E-state index is 13.9. The molecule has 9 heteroatoms. The van der Waals surface area contributed by atoms with Gasteiger partial charge in [0, 0.05) is 44.4 Å². The fourth-order valence-corrected chi connectivity index (χ4v) is 4.87. The number of piperidine rings is 2. The number of halogens is 1. The Morgan fingerprint density at radius 2 is 1.51 bits per heavy atom. The van der Waals surface area contributed by atoms with Crippen molar-refractivity contribution in [3.05, 3.63) is 42.2 Å². The predicted octanol–water partition coefficient (Wildman–Crippen LogP) is 4.39. The molecular formula is C26H34FN3O5. The van der Waals surface area contributed by atoms with Gasteiger partial charge in [0.15, 0.2) is 23.1 Å². The van der Waals surface area contributed by atoms with Gasteiger partial charge in [-0.3, -0.25) is 4.90 Å². The van der Waals surface area contributed by atoms with Gasteiger partial charge in [-0.05, 0) is 37.8 Å². The van der Waals surface area contributed by atoms with Gasteiger partial charge < -0.3 is 29.2 Å². The first-order valence-corrected chi connectivity index (χ1v) is 12.0. The van der Waals surface area contributed by atoms with Gasteiger partial charge >= 0.3 is 6.03 Å². The minimum atomic E-state index is -0.313. The molecule has 0 saturated carbocycles. The molecular weight excluding hydrogens is 453 g/mol. The molecule has 2 aliphatic heterocycles. The second-order valence-corrected chi connectivity index (χ2v) is 8.85. The summed E-state index contributed by atoms with van der Waals surface area (Å²) in [7, 11) is 4.63. The van der Waals surface area contributed by atoms with E-state index >= 15 is 0 Å². The van der Waals surface area contributed by atoms with Crippen LogP contribution >= 0.6 is 0 Å². The summed E-state index contributed by atoms with van der Waals surface area (Å²) in [6.07, 6.45) is 3.61. The molecule has 2 saturated heterocycles. The number of carbonyl (C=O) groups excluding carboxylic acids is 1. The molecule has 8 nitrogen and oxygen atoms in total. The molecule has 0 bridgehead atoms. The van der Waals surface area contributed by atoms with E-state index in [0.29, 0.717) is 47.8 Å². The van der Waals surface area contributed by atoms with Gasteiger partial charge in [-0.2, -0.15) is 0 Å². The van der Waals surface area contributed by atoms with E-state index in [1.807, 2.05) is 4.90 Å². The van der Waals surface area contributed by atoms with Crippen molar-refractivity contribution in [2.24, 2.45) is 0 Å². The average molecular weight is 488 g/mol. The van der Waals surface area contributed by atoms with Gasteiger partial charge in [0.1, 0.15) is 6.10 Å². The number of hydrogen-bond donors (Lipinski definition) is 1. The minimum Gasteiger partial charge on any atom is -0.493 e. The third kappa shape index (κ3) is 5.90. The number of methoxy groups -OCH3 is 3. The fourth-order valence-electron chi connectivity index (χ4n) is 4.87. The summed E-state index contributed by atoms with van der Waals surface area (Å²) in [5.41, 5.74) is 0.587. The highest BCUT2D eigenvalue weighted by atomic mass is 19.1. The Morgan fingerprint density at radius 3 is 2.09 bits per heavy atom. The highest BCUT2D eigenvalue weighted by molar-refractivity contribution is 5.90. The number of hydrogen-bond acceptors (Lipinski definition) is 6. The maximum Gasteiger partial charge on any atom is 0.321 e. The van der Waals surface area contributed by atoms with Gasteiger partial charge in [0.05, 0.1) is 27.0 Å². The van der Waals surface area contributed by atoms with Crippen LogP contribution in [0.15, 0.2) is 36.4 Å². The van der Waals surface area contributed by atoms with Crippen LogP contribution < -0.4 is 24.3 Å². The van der Waals surface area contributed by atoms with Crippen molar-refractivity contribution >= 4 is 11.7 Å². The lowest BCUT2D eigenvalue weighted by atomic mass is 9.99. The Labute approximate surface area is 205 Å². The van der Waals surface area contributed by atoms with Crippen molar-refractivity contribution in [2.75, 3.05) is 52.8 Å². The Morgan fingerprint density at radius 1 is 0.886 bits per heavy atom. The van der Waals surface area contributed by atoms with E-state index in [-0.39, 0.29) is 18.0 Å². The zero-order valence-corrected chi connectivity index (χ0v) is 20.6. The second kappa shape index (κ2) is 11.5. The number of rotatable bonds is 7. The van der Waals surface area contributed by atoms with Crippen LogP contribution in [0.2, 0.25) is 0 Å². The number of nitrogens with zero attached hydrogens (tertiary/aromatic N) is 2. The number of benzene rings is 2. The summed E-state index contributed by atoms with van der Waals surface area (Å²) < 4.78 is 35.8. The van der Waals surface area contributed by atoms with E-state index < -0.39 is 0 Å². The smallest absolute Gasteiger partial charge is 0.321 e. The molecule has 0 spiro atoms. The number of amides is 2. The van der Waals surface area contributed by atoms with Crippen molar-refractivity contribution in [2.45, 2.75) is 37.8 Å². The normalized spacial score (nSPS) is 17.7. The van der Waals surface area contributed by atoms with Crippen LogP contribution in [-0.2, 0) is 0 Å². The Hall–Kier alpha value is -3.20. The molecule has 4 rings (SSSR count). The molecule has 2 heterocycles. The van der Waals surface area contributed by atoms with Crippen LogP contribution in [0, 0.1) is 5.82 Å². The number of nitrogens with one attached hydrogen (secondary N) is 1. The lowest BCUT2D eigenvalue weighted by Crippen LogP contribution is -2.50. The Kier molecular flexibility index (Phi) is 8.17. The molecule has 0 unspecified atom stereocenters. The molecule has 0 aromatic heterocycles. The van der Waals surface area contributed by atoms with Crippen molar-refractivity contribution in [1.82, 2.24) is 9.80 Å². The summed E-state index contributed by atoms with van der Waals surface area (Å²) in [4.78, 5) is 17.2. The summed E-state index contributed by atoms with van der Waals surface area (Å²) in [6, 6.07) is 10.3. The molecule has 35 heavy (non-hydrogen) atoms. The summed E-state index contributed by atoms with van der Waals surface area (Å²) in [5, 5.41) is 2.95. The van der Waals surface area contributed by atoms with Crippen molar-refractivity contribution in [3.8, 4) is 23.0 Å². The van der Waals surface area contributed by atoms with Gasteiger partial charge in [0.2, 0.25) is 5.75 Å². The van der Waals surface area contributed by atoms with E-state index in [1.54, 1.807) is 51.7 Å². The molecule has 0 atom stereocenters. The molecule has 2 fully saturated rings. The van der Waals surface area contributed by atoms with E-state index in [9.17, 15) is 9.18 Å². The van der Waals surface area contributed by atoms with Gasteiger partial charge in [-0.15, -0.1) is 0 Å². The third-order valence-corrected chi connectivity index (χ3v) is 6.79. The van der Waals surface area contributed by atoms with E-state index in [1.165, 1.54) is 6.07 Å². The van der Waals surface area contributed by atoms with Crippen molar-refractivity contribution < 1.29 is 28.1 Å². The quantitative estimate of drug-likeness (QED) is 0.625. The van der Waals surface area contributed by atoms with Crippen LogP contribution in [-0.4, -0.2) is 75.5 Å². The first-order valence-electron chi connectivity index (χ1n) is 12.0. The molecule has 2 amide bonds. The van der Waals surface area contributed by atoms with Crippen LogP contribution in [0.25, 0.3) is 0 Å². The highest BCUT2D eigenvalue weighted by Gasteiger charge is 2.30. The Balaban J connectivity index is 1.25. The van der Waals surface area contributed by atoms with E-state index in [4.69, 9.17) is 18.9 Å². The molecule has 0 radical (unpaired) electrons. The number of ether oxygens (including phenoxy) is 4. The standard InChI is InChI=1S/C26H34FN3O5/c1-32-23-16-18(17-24(33-2)25(23)34-3)28-26(31)30-12-8-19(9-13-30)29-14-10-20(11-15-29)35-22-7-5-4-6-21(22)27/h4-7,16-17,19-20H,8-15H2,1-3H3,(H,28,31). The first kappa shape index (κ1) is 24.9. The average Bonchev–Trinajstić information content (AvgIpc) is 2.90. The molecule has 1 N–H and O–H groups in total. The Bertz CT molecular complexity index is 979. The number of urea groups is 1. The van der Waals surface area contributed by atoms with Crippen LogP contribution in [0.3, 0.4) is 0 Å². The third-order valence-electron chi connectivity index (χ3n) is 6.79. The van der Waals surface area contributed by atoms with Gasteiger partial charge in [-0.25, -0.2) is 9.18 Å². The first-order chi connectivity index (χ1) is 17.0. The van der Waals surface area contributed by atoms with Crippen molar-refractivity contribution in [3.63, 3.8) is 0 Å². The maximum absolute atomic E-state index is 13.9. The fraction of sp³-hybridized carbons (Fsp3) is 0.500. The lowest BCUT2D eigenvalue weighted by Gasteiger charge is -2.41. The minimum absolute atomic E-state index is 0.0347. The van der Waals surface area contributed by atoms with E-state index in [2.05, 4.69) is 10.2 Å². The molecule has 2 aromatic carbocycles. The highest BCUT2D eigenvalue weighted by Crippen LogP contribution is 2.40. The van der Waals surface area contributed by atoms with Crippen LogP contribution in [0.1, 0.15) is 25.7 Å². The van der Waals surface area contributed by atoms with Crippen LogP contribution in [0.5, 0.6) is 23.0 Å². The van der Waals surface area contributed by atoms with Crippen LogP contribution in [0.4, 0.5) is 14.9 Å². The predicted molar refractivity (Wildman–Crippen MR) is 131 cm³/mol. The number of likely N-dealkylation sites (tertiary alicyclic amines) is 2. The SMILES string of the molecule is COc1cc(NC(=O)N2CCC(N3CCC(Oc4ccccc4F)CC3)CC2)cc(OC)c1OC. The topological polar surface area (TPSA) is 72.5 Å².